The van der Waals surface area contributed by atoms with Crippen LogP contribution in [0.1, 0.15) is 24.0 Å². The summed E-state index contributed by atoms with van der Waals surface area (Å²) < 4.78 is 26.5. The van der Waals surface area contributed by atoms with Gasteiger partial charge in [-0.3, -0.25) is 0 Å². The number of hydrogen-bond donors (Lipinski definition) is 1. The van der Waals surface area contributed by atoms with Gasteiger partial charge in [0, 0.05) is 36.2 Å². The van der Waals surface area contributed by atoms with Crippen LogP contribution in [-0.2, 0) is 23.1 Å². The number of rotatable bonds is 6. The second-order valence-corrected chi connectivity index (χ2v) is 8.88. The summed E-state index contributed by atoms with van der Waals surface area (Å²) in [6, 6.07) is 12.5. The second-order valence-electron chi connectivity index (χ2n) is 6.09. The fourth-order valence-electron chi connectivity index (χ4n) is 2.86. The SMILES string of the molecule is O=S(=O)(c1ccc(CNCc2ccc(Cl)cc2Cl)cc1)N1CCCC1. The molecular formula is C18H20Cl2N2O2S. The zero-order chi connectivity index (χ0) is 17.9. The molecule has 1 aliphatic heterocycles. The van der Waals surface area contributed by atoms with Gasteiger partial charge in [-0.25, -0.2) is 8.42 Å². The lowest BCUT2D eigenvalue weighted by Crippen LogP contribution is -2.27. The fraction of sp³-hybridized carbons (Fsp3) is 0.333. The molecule has 2 aromatic rings. The molecule has 1 fully saturated rings. The van der Waals surface area contributed by atoms with Crippen LogP contribution < -0.4 is 5.32 Å². The maximum atomic E-state index is 12.5. The molecule has 1 heterocycles. The topological polar surface area (TPSA) is 49.4 Å². The van der Waals surface area contributed by atoms with Crippen LogP contribution in [0.4, 0.5) is 0 Å². The van der Waals surface area contributed by atoms with Gasteiger partial charge >= 0.3 is 0 Å². The summed E-state index contributed by atoms with van der Waals surface area (Å²) in [6.45, 7) is 2.48. The molecule has 0 atom stereocenters. The van der Waals surface area contributed by atoms with E-state index in [1.807, 2.05) is 24.3 Å². The van der Waals surface area contributed by atoms with Crippen molar-refractivity contribution in [2.24, 2.45) is 0 Å². The van der Waals surface area contributed by atoms with Crippen LogP contribution in [0, 0.1) is 0 Å². The molecule has 0 aromatic heterocycles. The first-order chi connectivity index (χ1) is 12.0. The lowest BCUT2D eigenvalue weighted by Gasteiger charge is -2.15. The molecule has 0 spiro atoms. The van der Waals surface area contributed by atoms with Crippen LogP contribution in [-0.4, -0.2) is 25.8 Å². The fourth-order valence-corrected chi connectivity index (χ4v) is 4.86. The number of sulfonamides is 1. The highest BCUT2D eigenvalue weighted by molar-refractivity contribution is 7.89. The first-order valence-electron chi connectivity index (χ1n) is 8.20. The van der Waals surface area contributed by atoms with Crippen molar-refractivity contribution >= 4 is 33.2 Å². The molecule has 0 unspecified atom stereocenters. The first-order valence-corrected chi connectivity index (χ1v) is 10.4. The second kappa shape index (κ2) is 8.06. The summed E-state index contributed by atoms with van der Waals surface area (Å²) in [6.07, 6.45) is 1.88. The minimum absolute atomic E-state index is 0.360. The maximum absolute atomic E-state index is 12.5. The van der Waals surface area contributed by atoms with E-state index < -0.39 is 10.0 Å². The Morgan fingerprint density at radius 1 is 0.960 bits per heavy atom. The van der Waals surface area contributed by atoms with E-state index in [0.29, 0.717) is 41.1 Å². The van der Waals surface area contributed by atoms with Gasteiger partial charge in [0.05, 0.1) is 4.90 Å². The van der Waals surface area contributed by atoms with Gasteiger partial charge < -0.3 is 5.32 Å². The lowest BCUT2D eigenvalue weighted by atomic mass is 10.2. The largest absolute Gasteiger partial charge is 0.309 e. The molecule has 0 radical (unpaired) electrons. The third-order valence-electron chi connectivity index (χ3n) is 4.29. The van der Waals surface area contributed by atoms with Crippen LogP contribution in [0.5, 0.6) is 0 Å². The van der Waals surface area contributed by atoms with Gasteiger partial charge in [-0.15, -0.1) is 0 Å². The minimum atomic E-state index is -3.35. The molecule has 0 saturated carbocycles. The molecule has 1 saturated heterocycles. The van der Waals surface area contributed by atoms with Crippen LogP contribution in [0.25, 0.3) is 0 Å². The summed E-state index contributed by atoms with van der Waals surface area (Å²) in [5.41, 5.74) is 1.99. The van der Waals surface area contributed by atoms with Gasteiger partial charge in [-0.2, -0.15) is 4.31 Å². The molecular weight excluding hydrogens is 379 g/mol. The van der Waals surface area contributed by atoms with Crippen LogP contribution in [0.3, 0.4) is 0 Å². The summed E-state index contributed by atoms with van der Waals surface area (Å²) in [7, 11) is -3.35. The molecule has 0 bridgehead atoms. The predicted molar refractivity (Wildman–Crippen MR) is 101 cm³/mol. The van der Waals surface area contributed by atoms with E-state index in [1.165, 1.54) is 0 Å². The summed E-state index contributed by atoms with van der Waals surface area (Å²) in [4.78, 5) is 0.360. The average Bonchev–Trinajstić information content (AvgIpc) is 3.13. The Kier molecular flexibility index (Phi) is 6.02. The van der Waals surface area contributed by atoms with Gasteiger partial charge in [0.2, 0.25) is 10.0 Å². The van der Waals surface area contributed by atoms with E-state index in [2.05, 4.69) is 5.32 Å². The molecule has 2 aromatic carbocycles. The third-order valence-corrected chi connectivity index (χ3v) is 6.79. The van der Waals surface area contributed by atoms with Crippen molar-refractivity contribution in [2.45, 2.75) is 30.8 Å². The first kappa shape index (κ1) is 18.7. The van der Waals surface area contributed by atoms with Crippen molar-refractivity contribution in [3.05, 3.63) is 63.6 Å². The Hall–Kier alpha value is -1.11. The highest BCUT2D eigenvalue weighted by Gasteiger charge is 2.26. The highest BCUT2D eigenvalue weighted by Crippen LogP contribution is 2.22. The number of benzene rings is 2. The maximum Gasteiger partial charge on any atom is 0.243 e. The van der Waals surface area contributed by atoms with Gasteiger partial charge in [0.15, 0.2) is 0 Å². The van der Waals surface area contributed by atoms with E-state index >= 15 is 0 Å². The number of nitrogens with zero attached hydrogens (tertiary/aromatic N) is 1. The van der Waals surface area contributed by atoms with Crippen LogP contribution >= 0.6 is 23.2 Å². The quantitative estimate of drug-likeness (QED) is 0.797. The molecule has 4 nitrogen and oxygen atoms in total. The Morgan fingerprint density at radius 3 is 2.28 bits per heavy atom. The van der Waals surface area contributed by atoms with Crippen LogP contribution in [0.15, 0.2) is 47.4 Å². The summed E-state index contributed by atoms with van der Waals surface area (Å²) >= 11 is 12.0. The predicted octanol–water partition coefficient (Wildman–Crippen LogP) is 4.07. The summed E-state index contributed by atoms with van der Waals surface area (Å²) in [5, 5.41) is 4.55. The van der Waals surface area contributed by atoms with Crippen molar-refractivity contribution in [1.29, 1.82) is 0 Å². The molecule has 7 heteroatoms. The third kappa shape index (κ3) is 4.54. The summed E-state index contributed by atoms with van der Waals surface area (Å²) in [5.74, 6) is 0. The molecule has 1 aliphatic rings. The number of hydrogen-bond acceptors (Lipinski definition) is 3. The zero-order valence-corrected chi connectivity index (χ0v) is 16.0. The van der Waals surface area contributed by atoms with E-state index in [1.54, 1.807) is 22.5 Å². The Bertz CT molecular complexity index is 833. The Balaban J connectivity index is 1.59. The zero-order valence-electron chi connectivity index (χ0n) is 13.7. The Labute approximate surface area is 158 Å². The van der Waals surface area contributed by atoms with Crippen molar-refractivity contribution < 1.29 is 8.42 Å². The lowest BCUT2D eigenvalue weighted by molar-refractivity contribution is 0.477. The molecule has 1 N–H and O–H groups in total. The van der Waals surface area contributed by atoms with E-state index in [9.17, 15) is 8.42 Å². The number of nitrogens with one attached hydrogen (secondary N) is 1. The molecule has 134 valence electrons. The molecule has 0 aliphatic carbocycles. The van der Waals surface area contributed by atoms with Crippen molar-refractivity contribution in [2.75, 3.05) is 13.1 Å². The molecule has 25 heavy (non-hydrogen) atoms. The molecule has 3 rings (SSSR count). The van der Waals surface area contributed by atoms with Crippen molar-refractivity contribution in [3.8, 4) is 0 Å². The monoisotopic (exact) mass is 398 g/mol. The van der Waals surface area contributed by atoms with E-state index in [0.717, 1.165) is 24.0 Å². The highest BCUT2D eigenvalue weighted by atomic mass is 35.5. The Morgan fingerprint density at radius 2 is 1.64 bits per heavy atom. The van der Waals surface area contributed by atoms with E-state index in [4.69, 9.17) is 23.2 Å². The smallest absolute Gasteiger partial charge is 0.243 e. The van der Waals surface area contributed by atoms with Gasteiger partial charge in [-0.1, -0.05) is 41.4 Å². The van der Waals surface area contributed by atoms with Gasteiger partial charge in [0.25, 0.3) is 0 Å². The minimum Gasteiger partial charge on any atom is -0.309 e. The van der Waals surface area contributed by atoms with Crippen molar-refractivity contribution in [1.82, 2.24) is 9.62 Å². The standard InChI is InChI=1S/C18H20Cl2N2O2S/c19-16-6-5-15(18(20)11-16)13-21-12-14-3-7-17(8-4-14)25(23,24)22-9-1-2-10-22/h3-8,11,21H,1-2,9-10,12-13H2. The van der Waals surface area contributed by atoms with E-state index in [-0.39, 0.29) is 0 Å². The normalized spacial score (nSPS) is 15.6. The van der Waals surface area contributed by atoms with Gasteiger partial charge in [-0.05, 0) is 48.2 Å². The van der Waals surface area contributed by atoms with Gasteiger partial charge in [0.1, 0.15) is 0 Å². The number of halogens is 2. The van der Waals surface area contributed by atoms with Crippen molar-refractivity contribution in [3.63, 3.8) is 0 Å². The van der Waals surface area contributed by atoms with Crippen LogP contribution in [0.2, 0.25) is 10.0 Å². The molecule has 0 amide bonds. The average molecular weight is 399 g/mol.